The summed E-state index contributed by atoms with van der Waals surface area (Å²) in [6, 6.07) is 5.39. The maximum Gasteiger partial charge on any atom is 0.120 e. The van der Waals surface area contributed by atoms with Crippen molar-refractivity contribution in [1.82, 2.24) is 0 Å². The van der Waals surface area contributed by atoms with E-state index in [0.717, 1.165) is 18.6 Å². The molecule has 0 bridgehead atoms. The van der Waals surface area contributed by atoms with Gasteiger partial charge < -0.3 is 10.5 Å². The molecular weight excluding hydrogens is 246 g/mol. The van der Waals surface area contributed by atoms with Crippen molar-refractivity contribution in [2.24, 2.45) is 5.92 Å². The molecule has 0 aliphatic rings. The zero-order chi connectivity index (χ0) is 13.5. The topological polar surface area (TPSA) is 52.3 Å². The molecule has 2 N–H and O–H groups in total. The maximum absolute atomic E-state index is 12.3. The Hall–Kier alpha value is -1.03. The monoisotopic (exact) mass is 269 g/mol. The van der Waals surface area contributed by atoms with Gasteiger partial charge in [0.2, 0.25) is 0 Å². The smallest absolute Gasteiger partial charge is 0.120 e. The van der Waals surface area contributed by atoms with Gasteiger partial charge in [0.25, 0.3) is 0 Å². The number of nitrogens with two attached hydrogens (primary N) is 1. The molecule has 1 unspecified atom stereocenters. The van der Waals surface area contributed by atoms with Crippen LogP contribution >= 0.6 is 0 Å². The summed E-state index contributed by atoms with van der Waals surface area (Å²) in [5.41, 5.74) is 6.48. The lowest BCUT2D eigenvalue weighted by Gasteiger charge is -2.13. The Kier molecular flexibility index (Phi) is 6.19. The summed E-state index contributed by atoms with van der Waals surface area (Å²) < 4.78 is 17.7. The Labute approximate surface area is 112 Å². The van der Waals surface area contributed by atoms with Crippen LogP contribution < -0.4 is 10.5 Å². The standard InChI is InChI=1S/C14H23NO2S/c1-4-11(5-2)10-18(16)14-9-12(17-6-3)7-8-13(14)15/h7-9,11H,4-6,10,15H2,1-3H3. The molecule has 1 aromatic carbocycles. The summed E-state index contributed by atoms with van der Waals surface area (Å²) in [6.45, 7) is 6.79. The molecule has 0 radical (unpaired) electrons. The van der Waals surface area contributed by atoms with Crippen molar-refractivity contribution in [2.45, 2.75) is 38.5 Å². The van der Waals surface area contributed by atoms with Crippen molar-refractivity contribution >= 4 is 16.5 Å². The van der Waals surface area contributed by atoms with Crippen LogP contribution in [-0.4, -0.2) is 16.6 Å². The van der Waals surface area contributed by atoms with Gasteiger partial charge in [-0.25, -0.2) is 0 Å². The fraction of sp³-hybridized carbons (Fsp3) is 0.571. The number of benzene rings is 1. The molecule has 3 nitrogen and oxygen atoms in total. The molecule has 0 fully saturated rings. The van der Waals surface area contributed by atoms with Crippen LogP contribution in [0.2, 0.25) is 0 Å². The van der Waals surface area contributed by atoms with Crippen molar-refractivity contribution in [2.75, 3.05) is 18.1 Å². The van der Waals surface area contributed by atoms with Gasteiger partial charge in [-0.05, 0) is 31.0 Å². The molecule has 0 aromatic heterocycles. The third kappa shape index (κ3) is 4.02. The third-order valence-electron chi connectivity index (χ3n) is 3.08. The summed E-state index contributed by atoms with van der Waals surface area (Å²) in [4.78, 5) is 0.702. The predicted molar refractivity (Wildman–Crippen MR) is 77.4 cm³/mol. The van der Waals surface area contributed by atoms with E-state index in [9.17, 15) is 4.21 Å². The van der Waals surface area contributed by atoms with E-state index in [1.54, 1.807) is 12.1 Å². The molecule has 0 aliphatic carbocycles. The largest absolute Gasteiger partial charge is 0.494 e. The second-order valence-corrected chi connectivity index (χ2v) is 5.79. The number of ether oxygens (including phenoxy) is 1. The van der Waals surface area contributed by atoms with Gasteiger partial charge in [0.1, 0.15) is 5.75 Å². The van der Waals surface area contributed by atoms with E-state index in [4.69, 9.17) is 10.5 Å². The van der Waals surface area contributed by atoms with E-state index in [0.29, 0.717) is 28.9 Å². The molecule has 4 heteroatoms. The van der Waals surface area contributed by atoms with Gasteiger partial charge >= 0.3 is 0 Å². The summed E-state index contributed by atoms with van der Waals surface area (Å²) in [5, 5.41) is 0. The molecule has 0 amide bonds. The second kappa shape index (κ2) is 7.41. The van der Waals surface area contributed by atoms with Crippen LogP contribution in [0.3, 0.4) is 0 Å². The highest BCUT2D eigenvalue weighted by Crippen LogP contribution is 2.25. The quantitative estimate of drug-likeness (QED) is 0.773. The lowest BCUT2D eigenvalue weighted by molar-refractivity contribution is 0.339. The summed E-state index contributed by atoms with van der Waals surface area (Å²) in [6.07, 6.45) is 2.10. The Morgan fingerprint density at radius 1 is 1.28 bits per heavy atom. The van der Waals surface area contributed by atoms with Crippen LogP contribution in [0.4, 0.5) is 5.69 Å². The minimum absolute atomic E-state index is 0.487. The predicted octanol–water partition coefficient (Wildman–Crippen LogP) is 3.21. The van der Waals surface area contributed by atoms with Crippen LogP contribution in [-0.2, 0) is 10.8 Å². The summed E-state index contributed by atoms with van der Waals surface area (Å²) in [7, 11) is -1.04. The minimum Gasteiger partial charge on any atom is -0.494 e. The lowest BCUT2D eigenvalue weighted by Crippen LogP contribution is -2.11. The Morgan fingerprint density at radius 2 is 1.94 bits per heavy atom. The van der Waals surface area contributed by atoms with E-state index in [2.05, 4.69) is 13.8 Å². The number of hydrogen-bond acceptors (Lipinski definition) is 3. The molecule has 1 rings (SSSR count). The van der Waals surface area contributed by atoms with Crippen molar-refractivity contribution < 1.29 is 8.95 Å². The number of anilines is 1. The molecule has 0 heterocycles. The Morgan fingerprint density at radius 3 is 2.50 bits per heavy atom. The normalized spacial score (nSPS) is 12.7. The van der Waals surface area contributed by atoms with Gasteiger partial charge in [-0.1, -0.05) is 26.7 Å². The zero-order valence-corrected chi connectivity index (χ0v) is 12.3. The number of rotatable bonds is 7. The average molecular weight is 269 g/mol. The van der Waals surface area contributed by atoms with Crippen molar-refractivity contribution in [1.29, 1.82) is 0 Å². The number of nitrogen functional groups attached to an aromatic ring is 1. The van der Waals surface area contributed by atoms with Gasteiger partial charge in [0.05, 0.1) is 22.3 Å². The molecule has 1 atom stereocenters. The fourth-order valence-electron chi connectivity index (χ4n) is 1.80. The van der Waals surface area contributed by atoms with Crippen LogP contribution in [0.5, 0.6) is 5.75 Å². The molecular formula is C14H23NO2S. The van der Waals surface area contributed by atoms with Crippen molar-refractivity contribution in [3.8, 4) is 5.75 Å². The van der Waals surface area contributed by atoms with Crippen molar-refractivity contribution in [3.63, 3.8) is 0 Å². The number of hydrogen-bond donors (Lipinski definition) is 1. The van der Waals surface area contributed by atoms with Gasteiger partial charge in [0, 0.05) is 11.4 Å². The second-order valence-electron chi connectivity index (χ2n) is 4.33. The van der Waals surface area contributed by atoms with Gasteiger partial charge in [-0.2, -0.15) is 0 Å². The van der Waals surface area contributed by atoms with E-state index >= 15 is 0 Å². The molecule has 0 saturated heterocycles. The summed E-state index contributed by atoms with van der Waals surface area (Å²) in [5.74, 6) is 1.90. The zero-order valence-electron chi connectivity index (χ0n) is 11.4. The first kappa shape index (κ1) is 15.0. The van der Waals surface area contributed by atoms with Crippen LogP contribution in [0.1, 0.15) is 33.6 Å². The average Bonchev–Trinajstić information content (AvgIpc) is 2.38. The first-order valence-corrected chi connectivity index (χ1v) is 7.84. The Balaban J connectivity index is 2.86. The third-order valence-corrected chi connectivity index (χ3v) is 4.70. The van der Waals surface area contributed by atoms with Gasteiger partial charge in [0.15, 0.2) is 0 Å². The Bertz CT molecular complexity index is 403. The lowest BCUT2D eigenvalue weighted by atomic mass is 10.1. The first-order valence-electron chi connectivity index (χ1n) is 6.53. The summed E-state index contributed by atoms with van der Waals surface area (Å²) >= 11 is 0. The molecule has 102 valence electrons. The van der Waals surface area contributed by atoms with Crippen molar-refractivity contribution in [3.05, 3.63) is 18.2 Å². The fourth-order valence-corrected chi connectivity index (χ4v) is 3.45. The van der Waals surface area contributed by atoms with Crippen LogP contribution in [0, 0.1) is 5.92 Å². The molecule has 0 spiro atoms. The molecule has 0 aliphatic heterocycles. The van der Waals surface area contributed by atoms with Crippen LogP contribution in [0.15, 0.2) is 23.1 Å². The highest BCUT2D eigenvalue weighted by molar-refractivity contribution is 7.85. The van der Waals surface area contributed by atoms with E-state index in [1.165, 1.54) is 0 Å². The van der Waals surface area contributed by atoms with Crippen LogP contribution in [0.25, 0.3) is 0 Å². The SMILES string of the molecule is CCOc1ccc(N)c(S(=O)CC(CC)CC)c1. The van der Waals surface area contributed by atoms with E-state index in [1.807, 2.05) is 13.0 Å². The van der Waals surface area contributed by atoms with E-state index < -0.39 is 10.8 Å². The van der Waals surface area contributed by atoms with Gasteiger partial charge in [-0.3, -0.25) is 4.21 Å². The highest BCUT2D eigenvalue weighted by atomic mass is 32.2. The maximum atomic E-state index is 12.3. The molecule has 18 heavy (non-hydrogen) atoms. The molecule has 1 aromatic rings. The molecule has 0 saturated carbocycles. The minimum atomic E-state index is -1.04. The highest BCUT2D eigenvalue weighted by Gasteiger charge is 2.14. The first-order chi connectivity index (χ1) is 8.62. The van der Waals surface area contributed by atoms with E-state index in [-0.39, 0.29) is 0 Å². The van der Waals surface area contributed by atoms with Gasteiger partial charge in [-0.15, -0.1) is 0 Å².